The fourth-order valence-electron chi connectivity index (χ4n) is 4.10. The third-order valence-electron chi connectivity index (χ3n) is 5.12. The summed E-state index contributed by atoms with van der Waals surface area (Å²) in [5.74, 6) is 0.311. The lowest BCUT2D eigenvalue weighted by Gasteiger charge is -2.32. The van der Waals surface area contributed by atoms with E-state index in [1.54, 1.807) is 12.1 Å². The Morgan fingerprint density at radius 3 is 2.72 bits per heavy atom. The van der Waals surface area contributed by atoms with Gasteiger partial charge in [-0.2, -0.15) is 0 Å². The zero-order chi connectivity index (χ0) is 17.7. The van der Waals surface area contributed by atoms with E-state index < -0.39 is 4.92 Å². The van der Waals surface area contributed by atoms with Crippen LogP contribution in [0.4, 0.5) is 5.69 Å². The van der Waals surface area contributed by atoms with Crippen molar-refractivity contribution >= 4 is 46.1 Å². The summed E-state index contributed by atoms with van der Waals surface area (Å²) >= 11 is 17.6. The molecule has 1 saturated heterocycles. The van der Waals surface area contributed by atoms with Crippen molar-refractivity contribution in [1.82, 2.24) is 5.32 Å². The third-order valence-corrected chi connectivity index (χ3v) is 6.00. The zero-order valence-corrected chi connectivity index (χ0v) is 15.4. The van der Waals surface area contributed by atoms with Crippen LogP contribution in [0.1, 0.15) is 41.5 Å². The van der Waals surface area contributed by atoms with Crippen LogP contribution in [0.5, 0.6) is 0 Å². The zero-order valence-electron chi connectivity index (χ0n) is 13.0. The number of nitro benzene ring substituents is 1. The Morgan fingerprint density at radius 1 is 1.16 bits per heavy atom. The lowest BCUT2D eigenvalue weighted by Crippen LogP contribution is -2.36. The van der Waals surface area contributed by atoms with Gasteiger partial charge in [-0.15, -0.1) is 0 Å². The Balaban J connectivity index is 1.87. The number of nitrogens with one attached hydrogen (secondary N) is 1. The first-order chi connectivity index (χ1) is 12.0. The summed E-state index contributed by atoms with van der Waals surface area (Å²) in [7, 11) is 0. The highest BCUT2D eigenvalue weighted by Gasteiger charge is 2.44. The van der Waals surface area contributed by atoms with Gasteiger partial charge in [0.1, 0.15) is 5.02 Å². The molecule has 128 valence electrons. The summed E-state index contributed by atoms with van der Waals surface area (Å²) in [6.45, 7) is 0. The van der Waals surface area contributed by atoms with Gasteiger partial charge in [0.25, 0.3) is 5.69 Å². The van der Waals surface area contributed by atoms with Gasteiger partial charge in [-0.05, 0) is 53.6 Å². The van der Waals surface area contributed by atoms with Gasteiger partial charge in [0.05, 0.1) is 16.0 Å². The summed E-state index contributed by atoms with van der Waals surface area (Å²) in [5, 5.41) is 15.5. The molecule has 0 radical (unpaired) electrons. The van der Waals surface area contributed by atoms with Crippen LogP contribution in [0.15, 0.2) is 36.4 Å². The third kappa shape index (κ3) is 2.80. The quantitative estimate of drug-likeness (QED) is 0.421. The van der Waals surface area contributed by atoms with E-state index in [0.717, 1.165) is 29.0 Å². The number of fused-ring (bicyclic) bond motifs is 3. The molecule has 4 rings (SSSR count). The molecule has 2 aromatic carbocycles. The molecule has 1 heterocycles. The number of piperidine rings is 1. The van der Waals surface area contributed by atoms with Crippen LogP contribution in [0.2, 0.25) is 10.0 Å². The SMILES string of the molecule is O=[N+]([O-])c1cc(C2c3cc(Cl)ccc3C3NC(=S)CCC32)ccc1Cl. The van der Waals surface area contributed by atoms with Crippen LogP contribution in [-0.2, 0) is 0 Å². The fraction of sp³-hybridized carbons (Fsp3) is 0.278. The second kappa shape index (κ2) is 6.24. The van der Waals surface area contributed by atoms with Crippen molar-refractivity contribution in [2.45, 2.75) is 24.8 Å². The monoisotopic (exact) mass is 392 g/mol. The lowest BCUT2D eigenvalue weighted by atomic mass is 9.80. The molecular weight excluding hydrogens is 379 g/mol. The van der Waals surface area contributed by atoms with Crippen LogP contribution in [0.25, 0.3) is 0 Å². The van der Waals surface area contributed by atoms with Gasteiger partial charge in [-0.25, -0.2) is 0 Å². The largest absolute Gasteiger partial charge is 0.373 e. The molecule has 7 heteroatoms. The average Bonchev–Trinajstić information content (AvgIpc) is 2.88. The number of nitro groups is 1. The Labute approximate surface area is 160 Å². The van der Waals surface area contributed by atoms with E-state index in [4.69, 9.17) is 35.4 Å². The van der Waals surface area contributed by atoms with E-state index in [-0.39, 0.29) is 28.6 Å². The normalized spacial score (nSPS) is 24.4. The molecule has 0 bridgehead atoms. The van der Waals surface area contributed by atoms with Gasteiger partial charge in [0.2, 0.25) is 0 Å². The van der Waals surface area contributed by atoms with Crippen molar-refractivity contribution in [3.8, 4) is 0 Å². The van der Waals surface area contributed by atoms with Crippen LogP contribution in [-0.4, -0.2) is 9.91 Å². The maximum atomic E-state index is 11.3. The minimum atomic E-state index is -0.439. The summed E-state index contributed by atoms with van der Waals surface area (Å²) in [4.78, 5) is 11.7. The molecule has 2 aromatic rings. The van der Waals surface area contributed by atoms with E-state index in [1.165, 1.54) is 5.56 Å². The minimum absolute atomic E-state index is 0.0327. The van der Waals surface area contributed by atoms with Gasteiger partial charge in [-0.1, -0.05) is 47.6 Å². The van der Waals surface area contributed by atoms with Crippen molar-refractivity contribution in [2.75, 3.05) is 0 Å². The number of hydrogen-bond acceptors (Lipinski definition) is 3. The maximum Gasteiger partial charge on any atom is 0.288 e. The molecule has 4 nitrogen and oxygen atoms in total. The molecule has 1 fully saturated rings. The highest BCUT2D eigenvalue weighted by Crippen LogP contribution is 2.53. The number of thiocarbonyl (C=S) groups is 1. The smallest absolute Gasteiger partial charge is 0.288 e. The van der Waals surface area contributed by atoms with E-state index in [2.05, 4.69) is 5.32 Å². The van der Waals surface area contributed by atoms with Crippen LogP contribution >= 0.6 is 35.4 Å². The van der Waals surface area contributed by atoms with Gasteiger partial charge in [0, 0.05) is 17.0 Å². The fourth-order valence-corrected chi connectivity index (χ4v) is 4.72. The Morgan fingerprint density at radius 2 is 1.96 bits per heavy atom. The van der Waals surface area contributed by atoms with Crippen LogP contribution in [0, 0.1) is 16.0 Å². The molecule has 0 amide bonds. The maximum absolute atomic E-state index is 11.3. The van der Waals surface area contributed by atoms with E-state index in [9.17, 15) is 10.1 Å². The lowest BCUT2D eigenvalue weighted by molar-refractivity contribution is -0.384. The van der Waals surface area contributed by atoms with E-state index >= 15 is 0 Å². The number of hydrogen-bond donors (Lipinski definition) is 1. The average molecular weight is 393 g/mol. The highest BCUT2D eigenvalue weighted by molar-refractivity contribution is 7.80. The summed E-state index contributed by atoms with van der Waals surface area (Å²) in [5.41, 5.74) is 3.10. The first kappa shape index (κ1) is 16.8. The van der Waals surface area contributed by atoms with E-state index in [1.807, 2.05) is 24.3 Å². The molecule has 3 atom stereocenters. The first-order valence-corrected chi connectivity index (χ1v) is 9.14. The summed E-state index contributed by atoms with van der Waals surface area (Å²) < 4.78 is 0. The molecular formula is C18H14Cl2N2O2S. The Hall–Kier alpha value is -1.69. The number of halogens is 2. The van der Waals surface area contributed by atoms with Crippen molar-refractivity contribution in [3.63, 3.8) is 0 Å². The van der Waals surface area contributed by atoms with Gasteiger partial charge in [0.15, 0.2) is 0 Å². The van der Waals surface area contributed by atoms with E-state index in [0.29, 0.717) is 5.02 Å². The van der Waals surface area contributed by atoms with Gasteiger partial charge in [-0.3, -0.25) is 10.1 Å². The summed E-state index contributed by atoms with van der Waals surface area (Å²) in [6, 6.07) is 11.1. The molecule has 0 spiro atoms. The summed E-state index contributed by atoms with van der Waals surface area (Å²) in [6.07, 6.45) is 1.76. The predicted molar refractivity (Wildman–Crippen MR) is 103 cm³/mol. The molecule has 0 saturated carbocycles. The van der Waals surface area contributed by atoms with Crippen molar-refractivity contribution in [1.29, 1.82) is 0 Å². The van der Waals surface area contributed by atoms with Gasteiger partial charge < -0.3 is 5.32 Å². The standard InChI is InChI=1S/C18H14Cl2N2O2S/c19-10-2-3-11-13(8-10)17(12-4-6-16(25)21-18(11)12)9-1-5-14(20)15(7-9)22(23)24/h1-3,5,7-8,12,17-18H,4,6H2,(H,21,25). The first-order valence-electron chi connectivity index (χ1n) is 7.98. The molecule has 0 aromatic heterocycles. The molecule has 1 N–H and O–H groups in total. The predicted octanol–water partition coefficient (Wildman–Crippen LogP) is 5.42. The number of benzene rings is 2. The van der Waals surface area contributed by atoms with Crippen molar-refractivity contribution in [2.24, 2.45) is 5.92 Å². The molecule has 2 aliphatic rings. The van der Waals surface area contributed by atoms with Crippen molar-refractivity contribution in [3.05, 3.63) is 73.2 Å². The Kier molecular flexibility index (Phi) is 4.18. The van der Waals surface area contributed by atoms with Crippen LogP contribution < -0.4 is 5.32 Å². The molecule has 1 aliphatic carbocycles. The molecule has 3 unspecified atom stereocenters. The second-order valence-corrected chi connectivity index (χ2v) is 7.80. The molecule has 25 heavy (non-hydrogen) atoms. The number of rotatable bonds is 2. The van der Waals surface area contributed by atoms with Crippen molar-refractivity contribution < 1.29 is 4.92 Å². The number of nitrogens with zero attached hydrogens (tertiary/aromatic N) is 1. The highest BCUT2D eigenvalue weighted by atomic mass is 35.5. The topological polar surface area (TPSA) is 55.2 Å². The Bertz CT molecular complexity index is 903. The molecule has 1 aliphatic heterocycles. The van der Waals surface area contributed by atoms with Crippen LogP contribution in [0.3, 0.4) is 0 Å². The second-order valence-electron chi connectivity index (χ2n) is 6.47. The minimum Gasteiger partial charge on any atom is -0.373 e. The van der Waals surface area contributed by atoms with Gasteiger partial charge >= 0.3 is 0 Å².